The fourth-order valence-corrected chi connectivity index (χ4v) is 2.13. The van der Waals surface area contributed by atoms with Gasteiger partial charge in [-0.05, 0) is 49.4 Å². The summed E-state index contributed by atoms with van der Waals surface area (Å²) in [6.07, 6.45) is 3.73. The van der Waals surface area contributed by atoms with Crippen LogP contribution in [-0.4, -0.2) is 13.1 Å². The largest absolute Gasteiger partial charge is 0.316 e. The van der Waals surface area contributed by atoms with Crippen molar-refractivity contribution in [3.05, 3.63) is 35.4 Å². The minimum absolute atomic E-state index is 0.863. The molecule has 76 valence electrons. The lowest BCUT2D eigenvalue weighted by atomic mass is 9.98. The summed E-state index contributed by atoms with van der Waals surface area (Å²) in [6.45, 7) is 4.61. The lowest BCUT2D eigenvalue weighted by Crippen LogP contribution is -2.10. The van der Waals surface area contributed by atoms with Crippen LogP contribution in [0.5, 0.6) is 0 Å². The van der Waals surface area contributed by atoms with E-state index in [2.05, 4.69) is 36.5 Å². The monoisotopic (exact) mass is 189 g/mol. The molecule has 0 spiro atoms. The van der Waals surface area contributed by atoms with Crippen LogP contribution >= 0.6 is 0 Å². The third-order valence-corrected chi connectivity index (χ3v) is 3.12. The smallest absolute Gasteiger partial charge is 0.00169 e. The van der Waals surface area contributed by atoms with Gasteiger partial charge in [0.1, 0.15) is 0 Å². The Morgan fingerprint density at radius 3 is 2.50 bits per heavy atom. The van der Waals surface area contributed by atoms with E-state index in [0.717, 1.165) is 12.3 Å². The van der Waals surface area contributed by atoms with Gasteiger partial charge in [0, 0.05) is 0 Å². The summed E-state index contributed by atoms with van der Waals surface area (Å²) in [4.78, 5) is 0. The van der Waals surface area contributed by atoms with Crippen molar-refractivity contribution in [1.82, 2.24) is 5.32 Å². The van der Waals surface area contributed by atoms with Gasteiger partial charge in [-0.25, -0.2) is 0 Å². The predicted octanol–water partition coefficient (Wildman–Crippen LogP) is 2.40. The first kappa shape index (κ1) is 9.72. The van der Waals surface area contributed by atoms with Crippen molar-refractivity contribution in [3.63, 3.8) is 0 Å². The number of nitrogens with one attached hydrogen (secondary N) is 1. The minimum atomic E-state index is 0.863. The van der Waals surface area contributed by atoms with E-state index >= 15 is 0 Å². The Balaban J connectivity index is 1.95. The molecule has 1 heterocycles. The minimum Gasteiger partial charge on any atom is -0.316 e. The zero-order valence-electron chi connectivity index (χ0n) is 8.92. The van der Waals surface area contributed by atoms with Crippen LogP contribution in [-0.2, 0) is 12.8 Å². The van der Waals surface area contributed by atoms with Crippen molar-refractivity contribution in [2.24, 2.45) is 5.92 Å². The van der Waals surface area contributed by atoms with Crippen molar-refractivity contribution in [2.45, 2.75) is 26.2 Å². The lowest BCUT2D eigenvalue weighted by Gasteiger charge is -2.08. The van der Waals surface area contributed by atoms with Crippen LogP contribution in [0.15, 0.2) is 24.3 Å². The Morgan fingerprint density at radius 2 is 1.93 bits per heavy atom. The number of hydrogen-bond donors (Lipinski definition) is 1. The van der Waals surface area contributed by atoms with Crippen molar-refractivity contribution in [3.8, 4) is 0 Å². The molecule has 1 aromatic carbocycles. The highest BCUT2D eigenvalue weighted by Crippen LogP contribution is 2.15. The highest BCUT2D eigenvalue weighted by molar-refractivity contribution is 5.22. The second-order valence-electron chi connectivity index (χ2n) is 4.23. The SMILES string of the molecule is CCc1ccc(CC2CCNC2)cc1. The van der Waals surface area contributed by atoms with Gasteiger partial charge in [0.25, 0.3) is 0 Å². The maximum atomic E-state index is 3.42. The maximum Gasteiger partial charge on any atom is -0.00169 e. The van der Waals surface area contributed by atoms with E-state index in [-0.39, 0.29) is 0 Å². The summed E-state index contributed by atoms with van der Waals surface area (Å²) >= 11 is 0. The van der Waals surface area contributed by atoms with E-state index in [1.807, 2.05) is 0 Å². The second kappa shape index (κ2) is 4.61. The van der Waals surface area contributed by atoms with Crippen molar-refractivity contribution in [2.75, 3.05) is 13.1 Å². The molecule has 0 radical (unpaired) electrons. The molecule has 2 rings (SSSR count). The van der Waals surface area contributed by atoms with E-state index in [0.29, 0.717) is 0 Å². The average molecular weight is 189 g/mol. The van der Waals surface area contributed by atoms with Gasteiger partial charge in [-0.1, -0.05) is 31.2 Å². The highest BCUT2D eigenvalue weighted by atomic mass is 14.9. The Bertz CT molecular complexity index is 270. The summed E-state index contributed by atoms with van der Waals surface area (Å²) in [5.74, 6) is 0.863. The molecule has 0 amide bonds. The summed E-state index contributed by atoms with van der Waals surface area (Å²) < 4.78 is 0. The van der Waals surface area contributed by atoms with Crippen LogP contribution in [0.4, 0.5) is 0 Å². The molecular formula is C13H19N. The number of hydrogen-bond acceptors (Lipinski definition) is 1. The molecule has 1 aliphatic heterocycles. The van der Waals surface area contributed by atoms with Gasteiger partial charge >= 0.3 is 0 Å². The van der Waals surface area contributed by atoms with Crippen LogP contribution < -0.4 is 5.32 Å². The van der Waals surface area contributed by atoms with E-state index in [1.54, 1.807) is 0 Å². The fourth-order valence-electron chi connectivity index (χ4n) is 2.13. The predicted molar refractivity (Wildman–Crippen MR) is 60.5 cm³/mol. The number of aryl methyl sites for hydroxylation is 1. The molecule has 14 heavy (non-hydrogen) atoms. The topological polar surface area (TPSA) is 12.0 Å². The van der Waals surface area contributed by atoms with Crippen LogP contribution in [0, 0.1) is 5.92 Å². The molecule has 1 heteroatoms. The third-order valence-electron chi connectivity index (χ3n) is 3.12. The second-order valence-corrected chi connectivity index (χ2v) is 4.23. The van der Waals surface area contributed by atoms with Gasteiger partial charge in [0.2, 0.25) is 0 Å². The zero-order chi connectivity index (χ0) is 9.80. The molecular weight excluding hydrogens is 170 g/mol. The highest BCUT2D eigenvalue weighted by Gasteiger charge is 2.14. The van der Waals surface area contributed by atoms with E-state index < -0.39 is 0 Å². The quantitative estimate of drug-likeness (QED) is 0.770. The van der Waals surface area contributed by atoms with Crippen molar-refractivity contribution in [1.29, 1.82) is 0 Å². The van der Waals surface area contributed by atoms with Gasteiger partial charge in [-0.2, -0.15) is 0 Å². The van der Waals surface area contributed by atoms with Crippen LogP contribution in [0.2, 0.25) is 0 Å². The Morgan fingerprint density at radius 1 is 1.21 bits per heavy atom. The van der Waals surface area contributed by atoms with Gasteiger partial charge in [0.15, 0.2) is 0 Å². The molecule has 0 bridgehead atoms. The van der Waals surface area contributed by atoms with E-state index in [9.17, 15) is 0 Å². The Labute approximate surface area is 86.5 Å². The van der Waals surface area contributed by atoms with E-state index in [1.165, 1.54) is 37.1 Å². The number of rotatable bonds is 3. The summed E-state index contributed by atoms with van der Waals surface area (Å²) in [6, 6.07) is 9.10. The number of benzene rings is 1. The average Bonchev–Trinajstić information content (AvgIpc) is 2.72. The van der Waals surface area contributed by atoms with Crippen LogP contribution in [0.1, 0.15) is 24.5 Å². The molecule has 1 nitrogen and oxygen atoms in total. The Hall–Kier alpha value is -0.820. The molecule has 1 atom stereocenters. The van der Waals surface area contributed by atoms with Crippen molar-refractivity contribution >= 4 is 0 Å². The molecule has 1 aliphatic rings. The third kappa shape index (κ3) is 2.36. The molecule has 1 aromatic rings. The Kier molecular flexibility index (Phi) is 3.20. The van der Waals surface area contributed by atoms with E-state index in [4.69, 9.17) is 0 Å². The first-order chi connectivity index (χ1) is 6.88. The zero-order valence-corrected chi connectivity index (χ0v) is 8.92. The van der Waals surface area contributed by atoms with Gasteiger partial charge in [-0.15, -0.1) is 0 Å². The fraction of sp³-hybridized carbons (Fsp3) is 0.538. The lowest BCUT2D eigenvalue weighted by molar-refractivity contribution is 0.580. The molecule has 0 saturated carbocycles. The molecule has 1 N–H and O–H groups in total. The first-order valence-corrected chi connectivity index (χ1v) is 5.67. The molecule has 1 unspecified atom stereocenters. The van der Waals surface area contributed by atoms with Crippen LogP contribution in [0.25, 0.3) is 0 Å². The molecule has 1 saturated heterocycles. The summed E-state index contributed by atoms with van der Waals surface area (Å²) in [5, 5.41) is 3.42. The first-order valence-electron chi connectivity index (χ1n) is 5.67. The van der Waals surface area contributed by atoms with Crippen molar-refractivity contribution < 1.29 is 0 Å². The molecule has 0 aromatic heterocycles. The molecule has 1 fully saturated rings. The van der Waals surface area contributed by atoms with Gasteiger partial charge < -0.3 is 5.32 Å². The summed E-state index contributed by atoms with van der Waals surface area (Å²) in [7, 11) is 0. The molecule has 0 aliphatic carbocycles. The van der Waals surface area contributed by atoms with Gasteiger partial charge in [-0.3, -0.25) is 0 Å². The van der Waals surface area contributed by atoms with Gasteiger partial charge in [0.05, 0.1) is 0 Å². The standard InChI is InChI=1S/C13H19N/c1-2-11-3-5-12(6-4-11)9-13-7-8-14-10-13/h3-6,13-14H,2,7-10H2,1H3. The van der Waals surface area contributed by atoms with Crippen LogP contribution in [0.3, 0.4) is 0 Å². The normalized spacial score (nSPS) is 21.4. The maximum absolute atomic E-state index is 3.42. The summed E-state index contributed by atoms with van der Waals surface area (Å²) in [5.41, 5.74) is 2.94.